The van der Waals surface area contributed by atoms with Crippen LogP contribution in [0.5, 0.6) is 0 Å². The molecule has 0 spiro atoms. The summed E-state index contributed by atoms with van der Waals surface area (Å²) in [4.78, 5) is 12.2. The molecule has 0 saturated carbocycles. The molecule has 0 aliphatic carbocycles. The maximum Gasteiger partial charge on any atom is 0.152 e. The van der Waals surface area contributed by atoms with Crippen LogP contribution in [0.15, 0.2) is 109 Å². The number of benzene rings is 2. The van der Waals surface area contributed by atoms with E-state index in [0.717, 1.165) is 80.1 Å². The first kappa shape index (κ1) is 31.1. The van der Waals surface area contributed by atoms with Gasteiger partial charge >= 0.3 is 0 Å². The molecule has 5 rings (SSSR count). The summed E-state index contributed by atoms with van der Waals surface area (Å²) in [6.45, 7) is 9.58. The van der Waals surface area contributed by atoms with Crippen molar-refractivity contribution in [3.63, 3.8) is 0 Å². The molecule has 44 heavy (non-hydrogen) atoms. The van der Waals surface area contributed by atoms with Crippen LogP contribution in [0.1, 0.15) is 75.6 Å². The van der Waals surface area contributed by atoms with Gasteiger partial charge in [-0.3, -0.25) is 9.91 Å². The van der Waals surface area contributed by atoms with Gasteiger partial charge in [0.2, 0.25) is 0 Å². The molecule has 0 N–H and O–H groups in total. The van der Waals surface area contributed by atoms with Crippen LogP contribution in [0.3, 0.4) is 0 Å². The lowest BCUT2D eigenvalue weighted by atomic mass is 10.1. The molecule has 1 aliphatic rings. The second-order valence-electron chi connectivity index (χ2n) is 11.6. The first-order valence-electron chi connectivity index (χ1n) is 16.4. The standard InChI is InChI=1S/C39H47N5/c1-5-12-31-16-9-18-35(26-31)43(38-28-33(14-7-3)21-23-40-38)37-20-11-25-42(30-37)44(36-19-10-17-32(27-36)13-6-2)39-29-34(15-8-4)22-24-41-39/h9-11,16-29H,5-8,12-15,30H2,1-4H3. The first-order chi connectivity index (χ1) is 21.6. The van der Waals surface area contributed by atoms with E-state index in [0.29, 0.717) is 6.54 Å². The first-order valence-corrected chi connectivity index (χ1v) is 16.4. The molecule has 0 fully saturated rings. The van der Waals surface area contributed by atoms with Gasteiger partial charge in [-0.2, -0.15) is 0 Å². The third-order valence-corrected chi connectivity index (χ3v) is 7.96. The number of nitrogens with zero attached hydrogens (tertiary/aromatic N) is 5. The Balaban J connectivity index is 1.57. The number of aromatic nitrogens is 2. The van der Waals surface area contributed by atoms with Crippen molar-refractivity contribution in [2.24, 2.45) is 0 Å². The van der Waals surface area contributed by atoms with E-state index in [4.69, 9.17) is 9.97 Å². The zero-order chi connectivity index (χ0) is 30.7. The lowest BCUT2D eigenvalue weighted by Crippen LogP contribution is -2.41. The molecule has 2 aromatic carbocycles. The Morgan fingerprint density at radius 2 is 1.14 bits per heavy atom. The summed E-state index contributed by atoms with van der Waals surface area (Å²) >= 11 is 0. The predicted molar refractivity (Wildman–Crippen MR) is 186 cm³/mol. The lowest BCUT2D eigenvalue weighted by Gasteiger charge is -2.39. The van der Waals surface area contributed by atoms with Crippen LogP contribution in [0, 0.1) is 0 Å². The Labute approximate surface area is 264 Å². The third kappa shape index (κ3) is 7.57. The smallest absolute Gasteiger partial charge is 0.152 e. The van der Waals surface area contributed by atoms with E-state index in [1.807, 2.05) is 12.4 Å². The zero-order valence-electron chi connectivity index (χ0n) is 26.9. The van der Waals surface area contributed by atoms with Crippen LogP contribution in [0.4, 0.5) is 23.0 Å². The zero-order valence-corrected chi connectivity index (χ0v) is 26.9. The number of hydrogen-bond donors (Lipinski definition) is 0. The molecule has 0 saturated heterocycles. The summed E-state index contributed by atoms with van der Waals surface area (Å²) < 4.78 is 0. The van der Waals surface area contributed by atoms with Crippen molar-refractivity contribution in [2.45, 2.75) is 79.1 Å². The van der Waals surface area contributed by atoms with Crippen molar-refractivity contribution in [1.82, 2.24) is 15.0 Å². The van der Waals surface area contributed by atoms with Crippen molar-refractivity contribution in [2.75, 3.05) is 16.5 Å². The van der Waals surface area contributed by atoms with Crippen molar-refractivity contribution in [1.29, 1.82) is 0 Å². The van der Waals surface area contributed by atoms with E-state index in [1.165, 1.54) is 22.3 Å². The summed E-state index contributed by atoms with van der Waals surface area (Å²) in [7, 11) is 0. The number of hydrogen-bond acceptors (Lipinski definition) is 5. The molecule has 2 aromatic heterocycles. The van der Waals surface area contributed by atoms with Crippen molar-refractivity contribution in [3.05, 3.63) is 131 Å². The topological polar surface area (TPSA) is 35.5 Å². The second-order valence-corrected chi connectivity index (χ2v) is 11.6. The van der Waals surface area contributed by atoms with Gasteiger partial charge in [0, 0.05) is 30.0 Å². The second kappa shape index (κ2) is 15.4. The highest BCUT2D eigenvalue weighted by Gasteiger charge is 2.25. The number of anilines is 4. The van der Waals surface area contributed by atoms with E-state index in [-0.39, 0.29) is 0 Å². The van der Waals surface area contributed by atoms with E-state index in [1.54, 1.807) is 0 Å². The summed E-state index contributed by atoms with van der Waals surface area (Å²) in [6, 6.07) is 26.6. The van der Waals surface area contributed by atoms with Crippen LogP contribution < -0.4 is 9.91 Å². The van der Waals surface area contributed by atoms with Crippen LogP contribution >= 0.6 is 0 Å². The average molecular weight is 586 g/mol. The molecule has 5 nitrogen and oxygen atoms in total. The summed E-state index contributed by atoms with van der Waals surface area (Å²) in [6.07, 6.45) is 19.0. The molecule has 0 radical (unpaired) electrons. The van der Waals surface area contributed by atoms with Gasteiger partial charge in [-0.25, -0.2) is 15.0 Å². The Morgan fingerprint density at radius 1 is 0.614 bits per heavy atom. The highest BCUT2D eigenvalue weighted by Crippen LogP contribution is 2.35. The SMILES string of the molecule is CCCc1cccc(N(C2=CC=CN(N(c3cccc(CCC)c3)c3cc(CCC)ccn3)C2)c2cc(CCC)ccn2)c1. The predicted octanol–water partition coefficient (Wildman–Crippen LogP) is 9.89. The molecule has 5 heteroatoms. The van der Waals surface area contributed by atoms with Gasteiger partial charge in [0.05, 0.1) is 12.2 Å². The van der Waals surface area contributed by atoms with Gasteiger partial charge in [0.25, 0.3) is 0 Å². The molecule has 228 valence electrons. The van der Waals surface area contributed by atoms with Crippen LogP contribution in [-0.2, 0) is 25.7 Å². The van der Waals surface area contributed by atoms with Crippen LogP contribution in [0.25, 0.3) is 0 Å². The Morgan fingerprint density at radius 3 is 1.75 bits per heavy atom. The molecule has 0 bridgehead atoms. The molecule has 4 aromatic rings. The van der Waals surface area contributed by atoms with E-state index < -0.39 is 0 Å². The maximum atomic E-state index is 4.92. The Kier molecular flexibility index (Phi) is 10.9. The number of aryl methyl sites for hydroxylation is 4. The van der Waals surface area contributed by atoms with E-state index in [2.05, 4.69) is 134 Å². The van der Waals surface area contributed by atoms with Crippen molar-refractivity contribution < 1.29 is 0 Å². The lowest BCUT2D eigenvalue weighted by molar-refractivity contribution is 0.404. The largest absolute Gasteiger partial charge is 0.297 e. The van der Waals surface area contributed by atoms with Crippen molar-refractivity contribution >= 4 is 23.0 Å². The van der Waals surface area contributed by atoms with Crippen molar-refractivity contribution in [3.8, 4) is 0 Å². The quantitative estimate of drug-likeness (QED) is 0.147. The molecule has 0 amide bonds. The molecule has 1 aliphatic heterocycles. The summed E-state index contributed by atoms with van der Waals surface area (Å²) in [5.74, 6) is 1.88. The fraction of sp³-hybridized carbons (Fsp3) is 0.333. The Hall–Kier alpha value is -4.38. The maximum absolute atomic E-state index is 4.92. The van der Waals surface area contributed by atoms with Crippen LogP contribution in [-0.4, -0.2) is 21.5 Å². The van der Waals surface area contributed by atoms with Gasteiger partial charge in [-0.1, -0.05) is 77.6 Å². The van der Waals surface area contributed by atoms with Gasteiger partial charge in [-0.05, 0) is 109 Å². The minimum atomic E-state index is 0.659. The molecular formula is C39H47N5. The number of rotatable bonds is 14. The molecule has 3 heterocycles. The van der Waals surface area contributed by atoms with E-state index >= 15 is 0 Å². The summed E-state index contributed by atoms with van der Waals surface area (Å²) in [5, 5.41) is 4.56. The van der Waals surface area contributed by atoms with Gasteiger partial charge in [-0.15, -0.1) is 0 Å². The van der Waals surface area contributed by atoms with Gasteiger partial charge in [0.1, 0.15) is 5.82 Å². The molecule has 0 atom stereocenters. The number of allylic oxidation sites excluding steroid dienone is 2. The highest BCUT2D eigenvalue weighted by molar-refractivity contribution is 5.68. The summed E-state index contributed by atoms with van der Waals surface area (Å²) in [5.41, 5.74) is 8.69. The number of pyridine rings is 2. The third-order valence-electron chi connectivity index (χ3n) is 7.96. The average Bonchev–Trinajstić information content (AvgIpc) is 3.03. The van der Waals surface area contributed by atoms with Gasteiger partial charge in [0.15, 0.2) is 5.82 Å². The molecule has 0 unspecified atom stereocenters. The van der Waals surface area contributed by atoms with Crippen LogP contribution in [0.2, 0.25) is 0 Å². The normalized spacial score (nSPS) is 12.7. The minimum absolute atomic E-state index is 0.659. The highest BCUT2D eigenvalue weighted by atomic mass is 15.6. The Bertz CT molecular complexity index is 1470. The number of hydrazine groups is 1. The fourth-order valence-electron chi connectivity index (χ4n) is 5.98. The van der Waals surface area contributed by atoms with Gasteiger partial charge < -0.3 is 0 Å². The fourth-order valence-corrected chi connectivity index (χ4v) is 5.98. The minimum Gasteiger partial charge on any atom is -0.297 e. The molecular weight excluding hydrogens is 538 g/mol. The van der Waals surface area contributed by atoms with E-state index in [9.17, 15) is 0 Å². The monoisotopic (exact) mass is 585 g/mol.